The summed E-state index contributed by atoms with van der Waals surface area (Å²) >= 11 is 0. The molecular weight excluding hydrogens is 228 g/mol. The third kappa shape index (κ3) is 4.19. The van der Waals surface area contributed by atoms with Crippen LogP contribution < -0.4 is 5.32 Å². The van der Waals surface area contributed by atoms with E-state index in [1.807, 2.05) is 13.0 Å². The maximum atomic E-state index is 11.9. The number of carbonyl (C=O) groups is 1. The molecule has 0 aliphatic heterocycles. The number of nitrogens with zero attached hydrogens (tertiary/aromatic N) is 1. The van der Waals surface area contributed by atoms with Gasteiger partial charge in [0, 0.05) is 6.54 Å². The molecule has 1 amide bonds. The highest BCUT2D eigenvalue weighted by Crippen LogP contribution is 2.08. The average molecular weight is 246 g/mol. The van der Waals surface area contributed by atoms with Gasteiger partial charge in [0.05, 0.1) is 23.3 Å². The van der Waals surface area contributed by atoms with Crippen LogP contribution in [-0.4, -0.2) is 23.7 Å². The highest BCUT2D eigenvalue weighted by Gasteiger charge is 2.12. The Morgan fingerprint density at radius 3 is 2.72 bits per heavy atom. The fourth-order valence-corrected chi connectivity index (χ4v) is 1.81. The van der Waals surface area contributed by atoms with Crippen LogP contribution in [0.2, 0.25) is 0 Å². The van der Waals surface area contributed by atoms with Crippen molar-refractivity contribution in [3.63, 3.8) is 0 Å². The van der Waals surface area contributed by atoms with Crippen LogP contribution in [0.15, 0.2) is 24.3 Å². The number of aliphatic hydroxyl groups is 1. The minimum absolute atomic E-state index is 0.197. The maximum Gasteiger partial charge on any atom is 0.252 e. The molecule has 2 atom stereocenters. The van der Waals surface area contributed by atoms with Gasteiger partial charge in [0.2, 0.25) is 0 Å². The van der Waals surface area contributed by atoms with Gasteiger partial charge in [-0.1, -0.05) is 19.1 Å². The number of hydrogen-bond donors (Lipinski definition) is 2. The van der Waals surface area contributed by atoms with Crippen LogP contribution in [0.25, 0.3) is 0 Å². The van der Waals surface area contributed by atoms with Gasteiger partial charge in [0.15, 0.2) is 0 Å². The van der Waals surface area contributed by atoms with Crippen molar-refractivity contribution in [2.45, 2.75) is 26.4 Å². The lowest BCUT2D eigenvalue weighted by atomic mass is 10.0. The second kappa shape index (κ2) is 6.77. The summed E-state index contributed by atoms with van der Waals surface area (Å²) in [6.07, 6.45) is 0.267. The quantitative estimate of drug-likeness (QED) is 0.830. The molecule has 0 saturated carbocycles. The fourth-order valence-electron chi connectivity index (χ4n) is 1.81. The highest BCUT2D eigenvalue weighted by atomic mass is 16.3. The molecule has 96 valence electrons. The molecule has 2 N–H and O–H groups in total. The van der Waals surface area contributed by atoms with Gasteiger partial charge in [-0.3, -0.25) is 4.79 Å². The molecule has 2 unspecified atom stereocenters. The van der Waals surface area contributed by atoms with Gasteiger partial charge >= 0.3 is 0 Å². The molecule has 1 aromatic carbocycles. The molecule has 0 heterocycles. The number of hydrogen-bond acceptors (Lipinski definition) is 3. The third-order valence-corrected chi connectivity index (χ3v) is 2.65. The van der Waals surface area contributed by atoms with Gasteiger partial charge in [-0.05, 0) is 31.4 Å². The van der Waals surface area contributed by atoms with E-state index in [1.165, 1.54) is 0 Å². The van der Waals surface area contributed by atoms with E-state index in [2.05, 4.69) is 5.32 Å². The Kier molecular flexibility index (Phi) is 5.34. The molecule has 0 saturated heterocycles. The van der Waals surface area contributed by atoms with Crippen molar-refractivity contribution in [1.82, 2.24) is 5.32 Å². The average Bonchev–Trinajstić information content (AvgIpc) is 2.35. The van der Waals surface area contributed by atoms with Crippen LogP contribution in [0.3, 0.4) is 0 Å². The molecule has 0 radical (unpaired) electrons. The van der Waals surface area contributed by atoms with E-state index in [1.54, 1.807) is 31.2 Å². The van der Waals surface area contributed by atoms with Crippen molar-refractivity contribution in [3.8, 4) is 6.07 Å². The van der Waals surface area contributed by atoms with Crippen molar-refractivity contribution in [1.29, 1.82) is 5.26 Å². The van der Waals surface area contributed by atoms with E-state index >= 15 is 0 Å². The smallest absolute Gasteiger partial charge is 0.252 e. The number of nitrogens with one attached hydrogen (secondary N) is 1. The van der Waals surface area contributed by atoms with E-state index in [-0.39, 0.29) is 17.9 Å². The predicted molar refractivity (Wildman–Crippen MR) is 69.0 cm³/mol. The number of benzene rings is 1. The first-order valence-electron chi connectivity index (χ1n) is 6.00. The Labute approximate surface area is 107 Å². The largest absolute Gasteiger partial charge is 0.393 e. The SMILES string of the molecule is CC(O)CC(C)CNC(=O)c1ccccc1C#N. The number of rotatable bonds is 5. The molecule has 4 nitrogen and oxygen atoms in total. The zero-order valence-corrected chi connectivity index (χ0v) is 10.7. The standard InChI is InChI=1S/C14H18N2O2/c1-10(7-11(2)17)9-16-14(18)13-6-4-3-5-12(13)8-15/h3-6,10-11,17H,7,9H2,1-2H3,(H,16,18). The molecule has 4 heteroatoms. The normalized spacial score (nSPS) is 13.4. The van der Waals surface area contributed by atoms with Crippen molar-refractivity contribution in [2.24, 2.45) is 5.92 Å². The van der Waals surface area contributed by atoms with Gasteiger partial charge in [-0.15, -0.1) is 0 Å². The first-order valence-corrected chi connectivity index (χ1v) is 6.00. The van der Waals surface area contributed by atoms with Crippen LogP contribution >= 0.6 is 0 Å². The highest BCUT2D eigenvalue weighted by molar-refractivity contribution is 5.96. The third-order valence-electron chi connectivity index (χ3n) is 2.65. The van der Waals surface area contributed by atoms with Crippen LogP contribution in [0.4, 0.5) is 0 Å². The summed E-state index contributed by atoms with van der Waals surface area (Å²) in [7, 11) is 0. The van der Waals surface area contributed by atoms with Crippen molar-refractivity contribution in [3.05, 3.63) is 35.4 Å². The van der Waals surface area contributed by atoms with E-state index in [4.69, 9.17) is 5.26 Å². The zero-order valence-electron chi connectivity index (χ0n) is 10.7. The minimum Gasteiger partial charge on any atom is -0.393 e. The van der Waals surface area contributed by atoms with Gasteiger partial charge in [0.25, 0.3) is 5.91 Å². The molecule has 18 heavy (non-hydrogen) atoms. The van der Waals surface area contributed by atoms with Crippen molar-refractivity contribution >= 4 is 5.91 Å². The van der Waals surface area contributed by atoms with E-state index < -0.39 is 0 Å². The maximum absolute atomic E-state index is 11.9. The molecule has 1 rings (SSSR count). The van der Waals surface area contributed by atoms with Crippen LogP contribution in [0, 0.1) is 17.2 Å². The second-order valence-corrected chi connectivity index (χ2v) is 4.56. The molecule has 0 aliphatic rings. The number of nitriles is 1. The van der Waals surface area contributed by atoms with Crippen LogP contribution in [-0.2, 0) is 0 Å². The monoisotopic (exact) mass is 246 g/mol. The first kappa shape index (κ1) is 14.2. The summed E-state index contributed by atoms with van der Waals surface area (Å²) in [5.41, 5.74) is 0.766. The number of carbonyl (C=O) groups excluding carboxylic acids is 1. The van der Waals surface area contributed by atoms with Crippen molar-refractivity contribution < 1.29 is 9.90 Å². The van der Waals surface area contributed by atoms with E-state index in [0.717, 1.165) is 0 Å². The fraction of sp³-hybridized carbons (Fsp3) is 0.429. The molecule has 0 fully saturated rings. The lowest BCUT2D eigenvalue weighted by Crippen LogP contribution is -2.30. The summed E-state index contributed by atoms with van der Waals surface area (Å²) in [5, 5.41) is 20.9. The second-order valence-electron chi connectivity index (χ2n) is 4.56. The van der Waals surface area contributed by atoms with E-state index in [0.29, 0.717) is 24.1 Å². The lowest BCUT2D eigenvalue weighted by Gasteiger charge is -2.14. The molecule has 0 aromatic heterocycles. The molecule has 0 spiro atoms. The number of aliphatic hydroxyl groups excluding tert-OH is 1. The van der Waals surface area contributed by atoms with Gasteiger partial charge in [-0.25, -0.2) is 0 Å². The summed E-state index contributed by atoms with van der Waals surface area (Å²) in [4.78, 5) is 11.9. The van der Waals surface area contributed by atoms with Gasteiger partial charge < -0.3 is 10.4 Å². The molecular formula is C14H18N2O2. The predicted octanol–water partition coefficient (Wildman–Crippen LogP) is 1.70. The van der Waals surface area contributed by atoms with Crippen LogP contribution in [0.1, 0.15) is 36.2 Å². The zero-order chi connectivity index (χ0) is 13.5. The minimum atomic E-state index is -0.372. The molecule has 1 aromatic rings. The Balaban J connectivity index is 2.58. The summed E-state index contributed by atoms with van der Waals surface area (Å²) < 4.78 is 0. The Hall–Kier alpha value is -1.86. The Morgan fingerprint density at radius 2 is 2.11 bits per heavy atom. The van der Waals surface area contributed by atoms with Gasteiger partial charge in [-0.2, -0.15) is 5.26 Å². The molecule has 0 aliphatic carbocycles. The lowest BCUT2D eigenvalue weighted by molar-refractivity contribution is 0.0939. The van der Waals surface area contributed by atoms with Crippen molar-refractivity contribution in [2.75, 3.05) is 6.54 Å². The Bertz CT molecular complexity index is 449. The Morgan fingerprint density at radius 1 is 1.44 bits per heavy atom. The van der Waals surface area contributed by atoms with Gasteiger partial charge in [0.1, 0.15) is 0 Å². The number of amides is 1. The van der Waals surface area contributed by atoms with Crippen LogP contribution in [0.5, 0.6) is 0 Å². The van der Waals surface area contributed by atoms with E-state index in [9.17, 15) is 9.90 Å². The summed E-state index contributed by atoms with van der Waals surface area (Å²) in [5.74, 6) is -0.0483. The topological polar surface area (TPSA) is 73.1 Å². The summed E-state index contributed by atoms with van der Waals surface area (Å²) in [6, 6.07) is 8.71. The first-order chi connectivity index (χ1) is 8.54. The summed E-state index contributed by atoms with van der Waals surface area (Å²) in [6.45, 7) is 4.18. The molecule has 0 bridgehead atoms.